The highest BCUT2D eigenvalue weighted by atomic mass is 19.1. The Kier molecular flexibility index (Phi) is 8.15. The zero-order valence-electron chi connectivity index (χ0n) is 23.7. The minimum Gasteiger partial charge on any atom is -0.444 e. The number of aromatic nitrogens is 4. The number of primary amides is 1. The Bertz CT molecular complexity index is 1450. The molecule has 1 saturated heterocycles. The average Bonchev–Trinajstić information content (AvgIpc) is 3.28. The van der Waals surface area contributed by atoms with Gasteiger partial charge in [-0.25, -0.2) is 27.9 Å². The van der Waals surface area contributed by atoms with Crippen molar-refractivity contribution in [2.45, 2.75) is 76.7 Å². The Morgan fingerprint density at radius 1 is 1.07 bits per heavy atom. The number of rotatable bonds is 6. The number of carbonyl (C=O) groups excluding carboxylic acids is 2. The molecule has 2 aliphatic rings. The van der Waals surface area contributed by atoms with E-state index in [2.05, 4.69) is 25.6 Å². The Balaban J connectivity index is 1.40. The molecule has 1 aliphatic heterocycles. The molecular weight excluding hydrogens is 553 g/mol. The molecule has 1 aliphatic carbocycles. The Hall–Kier alpha value is -4.10. The summed E-state index contributed by atoms with van der Waals surface area (Å²) < 4.78 is 51.4. The normalized spacial score (nSPS) is 23.0. The van der Waals surface area contributed by atoms with E-state index in [0.29, 0.717) is 49.8 Å². The van der Waals surface area contributed by atoms with E-state index in [1.807, 2.05) is 0 Å². The van der Waals surface area contributed by atoms with E-state index in [1.165, 1.54) is 17.2 Å². The quantitative estimate of drug-likeness (QED) is 0.372. The van der Waals surface area contributed by atoms with Crippen LogP contribution in [0.3, 0.4) is 0 Å². The summed E-state index contributed by atoms with van der Waals surface area (Å²) in [6.45, 7) is 5.40. The van der Waals surface area contributed by atoms with Crippen LogP contribution >= 0.6 is 0 Å². The molecule has 226 valence electrons. The maximum absolute atomic E-state index is 15.2. The second kappa shape index (κ2) is 11.6. The molecule has 0 radical (unpaired) electrons. The molecule has 2 amide bonds. The van der Waals surface area contributed by atoms with Gasteiger partial charge < -0.3 is 26.0 Å². The van der Waals surface area contributed by atoms with E-state index < -0.39 is 35.5 Å². The number of imidazole rings is 1. The number of piperidine rings is 1. The molecule has 42 heavy (non-hydrogen) atoms. The molecule has 5 rings (SSSR count). The number of alkyl halides is 1. The second-order valence-corrected chi connectivity index (χ2v) is 11.8. The van der Waals surface area contributed by atoms with Gasteiger partial charge in [0, 0.05) is 18.5 Å². The van der Waals surface area contributed by atoms with Gasteiger partial charge in [-0.05, 0) is 65.0 Å². The van der Waals surface area contributed by atoms with Crippen molar-refractivity contribution in [2.75, 3.05) is 23.7 Å². The maximum atomic E-state index is 15.2. The van der Waals surface area contributed by atoms with Crippen LogP contribution in [0, 0.1) is 17.6 Å². The number of nitrogens with zero attached hydrogens (tertiary/aromatic N) is 5. The first-order valence-corrected chi connectivity index (χ1v) is 14.0. The van der Waals surface area contributed by atoms with Gasteiger partial charge in [0.15, 0.2) is 5.65 Å². The van der Waals surface area contributed by atoms with Crippen molar-refractivity contribution < 1.29 is 27.5 Å². The van der Waals surface area contributed by atoms with Crippen molar-refractivity contribution in [2.24, 2.45) is 11.7 Å². The summed E-state index contributed by atoms with van der Waals surface area (Å²) in [5.41, 5.74) is 5.23. The number of fused-ring (bicyclic) bond motifs is 1. The summed E-state index contributed by atoms with van der Waals surface area (Å²) in [5.74, 6) is -1.87. The van der Waals surface area contributed by atoms with Gasteiger partial charge in [0.25, 0.3) is 0 Å². The highest BCUT2D eigenvalue weighted by Gasteiger charge is 2.35. The molecule has 0 unspecified atom stereocenters. The lowest BCUT2D eigenvalue weighted by Gasteiger charge is -2.35. The monoisotopic (exact) mass is 588 g/mol. The molecule has 2 atom stereocenters. The third kappa shape index (κ3) is 6.36. The van der Waals surface area contributed by atoms with Gasteiger partial charge in [-0.1, -0.05) is 6.07 Å². The minimum atomic E-state index is -1.40. The predicted molar refractivity (Wildman–Crippen MR) is 150 cm³/mol. The largest absolute Gasteiger partial charge is 0.444 e. The molecular formula is C28H35F3N8O3. The molecule has 14 heteroatoms. The Morgan fingerprint density at radius 3 is 2.38 bits per heavy atom. The van der Waals surface area contributed by atoms with E-state index >= 15 is 4.39 Å². The highest BCUT2D eigenvalue weighted by Crippen LogP contribution is 2.37. The number of halogens is 3. The number of para-hydroxylation sites is 1. The molecule has 1 aromatic carbocycles. The van der Waals surface area contributed by atoms with Crippen LogP contribution in [0.5, 0.6) is 0 Å². The van der Waals surface area contributed by atoms with E-state index in [1.54, 1.807) is 25.3 Å². The van der Waals surface area contributed by atoms with Gasteiger partial charge >= 0.3 is 6.09 Å². The molecule has 3 heterocycles. The summed E-state index contributed by atoms with van der Waals surface area (Å²) in [5, 5.41) is 5.82. The zero-order valence-corrected chi connectivity index (χ0v) is 23.7. The van der Waals surface area contributed by atoms with Crippen LogP contribution in [0.2, 0.25) is 0 Å². The summed E-state index contributed by atoms with van der Waals surface area (Å²) in [6.07, 6.45) is 2.01. The number of hydrogen-bond acceptors (Lipinski definition) is 8. The molecule has 4 N–H and O–H groups in total. The van der Waals surface area contributed by atoms with Crippen molar-refractivity contribution in [3.8, 4) is 0 Å². The lowest BCUT2D eigenvalue weighted by Crippen LogP contribution is -2.51. The predicted octanol–water partition coefficient (Wildman–Crippen LogP) is 4.82. The van der Waals surface area contributed by atoms with Gasteiger partial charge in [0.1, 0.15) is 34.6 Å². The lowest BCUT2D eigenvalue weighted by molar-refractivity contribution is -0.122. The number of benzene rings is 1. The fraction of sp³-hybridized carbons (Fsp3) is 0.536. The van der Waals surface area contributed by atoms with E-state index in [9.17, 15) is 18.4 Å². The maximum Gasteiger partial charge on any atom is 0.410 e. The number of carbonyl (C=O) groups is 2. The number of anilines is 3. The first-order chi connectivity index (χ1) is 19.9. The summed E-state index contributed by atoms with van der Waals surface area (Å²) in [4.78, 5) is 38.9. The van der Waals surface area contributed by atoms with Crippen LogP contribution in [0.1, 0.15) is 58.9 Å². The van der Waals surface area contributed by atoms with Crippen LogP contribution in [0.4, 0.5) is 35.5 Å². The molecule has 2 fully saturated rings. The van der Waals surface area contributed by atoms with Crippen molar-refractivity contribution >= 4 is 40.7 Å². The summed E-state index contributed by atoms with van der Waals surface area (Å²) in [6, 6.07) is 2.69. The molecule has 11 nitrogen and oxygen atoms in total. The second-order valence-electron chi connectivity index (χ2n) is 11.8. The molecule has 0 bridgehead atoms. The summed E-state index contributed by atoms with van der Waals surface area (Å²) >= 11 is 0. The van der Waals surface area contributed by atoms with Crippen LogP contribution < -0.4 is 16.4 Å². The average molecular weight is 589 g/mol. The van der Waals surface area contributed by atoms with Crippen molar-refractivity contribution in [1.82, 2.24) is 24.4 Å². The Morgan fingerprint density at radius 2 is 1.76 bits per heavy atom. The van der Waals surface area contributed by atoms with Crippen LogP contribution in [0.25, 0.3) is 11.2 Å². The van der Waals surface area contributed by atoms with E-state index in [4.69, 9.17) is 10.5 Å². The van der Waals surface area contributed by atoms with E-state index in [0.717, 1.165) is 12.1 Å². The fourth-order valence-electron chi connectivity index (χ4n) is 5.47. The number of likely N-dealkylation sites (tertiary alicyclic amines) is 1. The fourth-order valence-corrected chi connectivity index (χ4v) is 5.47. The number of nitrogens with two attached hydrogens (primary N) is 1. The zero-order chi connectivity index (χ0) is 30.2. The SMILES string of the molecule is CC(C)(C)OC(=O)N1CC[C@H](Nc2ncc3nc(Nc4c(F)cccc4F)n([C@H]4CC[C@@H](C(N)=O)CC4)c3n2)[C@H](F)C1. The van der Waals surface area contributed by atoms with Crippen LogP contribution in [-0.2, 0) is 9.53 Å². The van der Waals surface area contributed by atoms with Gasteiger partial charge in [-0.2, -0.15) is 4.98 Å². The number of amides is 2. The van der Waals surface area contributed by atoms with Gasteiger partial charge in [-0.15, -0.1) is 0 Å². The number of ether oxygens (including phenoxy) is 1. The molecule has 0 spiro atoms. The Labute approximate surface area is 241 Å². The first-order valence-electron chi connectivity index (χ1n) is 14.0. The topological polar surface area (TPSA) is 140 Å². The van der Waals surface area contributed by atoms with Crippen molar-refractivity contribution in [3.05, 3.63) is 36.0 Å². The van der Waals surface area contributed by atoms with Gasteiger partial charge in [0.2, 0.25) is 17.8 Å². The number of nitrogens with one attached hydrogen (secondary N) is 2. The standard InChI is InChI=1S/C28H35F3N8O3/c1-28(2,3)42-27(41)38-12-11-20(19(31)14-38)34-25-33-13-21-24(37-25)39(16-9-7-15(8-10-16)23(32)40)26(35-21)36-22-17(29)5-4-6-18(22)30/h4-6,13,15-16,19-20H,7-12,14H2,1-3H3,(H2,32,40)(H,35,36)(H,33,34,37)/t15-,16+,19-,20+/m1/s1. The van der Waals surface area contributed by atoms with Crippen molar-refractivity contribution in [1.29, 1.82) is 0 Å². The van der Waals surface area contributed by atoms with Gasteiger partial charge in [0.05, 0.1) is 18.8 Å². The number of hydrogen-bond donors (Lipinski definition) is 3. The van der Waals surface area contributed by atoms with Crippen molar-refractivity contribution in [3.63, 3.8) is 0 Å². The smallest absolute Gasteiger partial charge is 0.410 e. The third-order valence-electron chi connectivity index (χ3n) is 7.60. The van der Waals surface area contributed by atoms with Gasteiger partial charge in [-0.3, -0.25) is 9.36 Å². The summed E-state index contributed by atoms with van der Waals surface area (Å²) in [7, 11) is 0. The lowest BCUT2D eigenvalue weighted by atomic mass is 9.85. The molecule has 1 saturated carbocycles. The molecule has 3 aromatic rings. The highest BCUT2D eigenvalue weighted by molar-refractivity contribution is 5.78. The first kappa shape index (κ1) is 29.4. The third-order valence-corrected chi connectivity index (χ3v) is 7.60. The minimum absolute atomic E-state index is 0.141. The van der Waals surface area contributed by atoms with E-state index in [-0.39, 0.29) is 42.0 Å². The van der Waals surface area contributed by atoms with Crippen LogP contribution in [0.15, 0.2) is 24.4 Å². The van der Waals surface area contributed by atoms with Crippen LogP contribution in [-0.4, -0.2) is 67.3 Å². The molecule has 2 aromatic heterocycles.